The highest BCUT2D eigenvalue weighted by atomic mass is 16.6. The molecule has 0 aromatic rings. The molecule has 0 radical (unpaired) electrons. The third-order valence-corrected chi connectivity index (χ3v) is 3.93. The molecule has 1 aliphatic rings. The molecule has 0 saturated heterocycles. The molecule has 0 spiro atoms. The molecule has 1 saturated carbocycles. The van der Waals surface area contributed by atoms with E-state index in [-0.39, 0.29) is 13.0 Å². The molecule has 28 heavy (non-hydrogen) atoms. The number of hydrogen-bond acceptors (Lipinski definition) is 9. The first-order valence-corrected chi connectivity index (χ1v) is 9.13. The topological polar surface area (TPSA) is 114 Å². The van der Waals surface area contributed by atoms with E-state index in [9.17, 15) is 19.2 Å². The summed E-state index contributed by atoms with van der Waals surface area (Å²) in [6.45, 7) is 10.3. The number of hydrogen-bond donors (Lipinski definition) is 0. The summed E-state index contributed by atoms with van der Waals surface area (Å²) < 4.78 is 27.3. The van der Waals surface area contributed by atoms with Gasteiger partial charge in [-0.25, -0.2) is 0 Å². The molecule has 5 atom stereocenters. The fraction of sp³-hybridized carbons (Fsp3) is 0.789. The van der Waals surface area contributed by atoms with Crippen LogP contribution in [-0.2, 0) is 42.9 Å². The molecular weight excluding hydrogens is 372 g/mol. The van der Waals surface area contributed by atoms with Crippen molar-refractivity contribution < 1.29 is 42.9 Å². The van der Waals surface area contributed by atoms with E-state index in [0.717, 1.165) is 0 Å². The molecule has 1 rings (SSSR count). The Kier molecular flexibility index (Phi) is 8.41. The Morgan fingerprint density at radius 2 is 1.21 bits per heavy atom. The van der Waals surface area contributed by atoms with Crippen molar-refractivity contribution in [3.8, 4) is 0 Å². The largest absolute Gasteiger partial charge is 0.465 e. The number of carbonyl (C=O) groups excluding carboxylic acids is 4. The van der Waals surface area contributed by atoms with Crippen molar-refractivity contribution in [3.05, 3.63) is 0 Å². The Morgan fingerprint density at radius 1 is 0.750 bits per heavy atom. The van der Waals surface area contributed by atoms with E-state index in [4.69, 9.17) is 23.7 Å². The van der Waals surface area contributed by atoms with Gasteiger partial charge in [0.05, 0.1) is 18.3 Å². The lowest BCUT2D eigenvalue weighted by Gasteiger charge is -2.45. The summed E-state index contributed by atoms with van der Waals surface area (Å²) in [5.41, 5.74) is -0.593. The van der Waals surface area contributed by atoms with Gasteiger partial charge >= 0.3 is 23.9 Å². The van der Waals surface area contributed by atoms with Crippen molar-refractivity contribution in [2.45, 2.75) is 84.9 Å². The molecular formula is C19H30O9. The lowest BCUT2D eigenvalue weighted by molar-refractivity contribution is -0.233. The summed E-state index contributed by atoms with van der Waals surface area (Å²) in [5.74, 6) is -2.85. The Morgan fingerprint density at radius 3 is 1.64 bits per heavy atom. The van der Waals surface area contributed by atoms with E-state index < -0.39 is 59.8 Å². The molecule has 1 unspecified atom stereocenters. The minimum atomic E-state index is -1.10. The Balaban J connectivity index is 3.33. The third-order valence-electron chi connectivity index (χ3n) is 3.93. The first-order chi connectivity index (χ1) is 12.8. The minimum Gasteiger partial charge on any atom is -0.465 e. The van der Waals surface area contributed by atoms with E-state index in [1.165, 1.54) is 27.7 Å². The van der Waals surface area contributed by atoms with Gasteiger partial charge in [0.15, 0.2) is 12.2 Å². The third kappa shape index (κ3) is 7.84. The molecule has 0 bridgehead atoms. The molecule has 9 nitrogen and oxygen atoms in total. The van der Waals surface area contributed by atoms with Gasteiger partial charge in [0.2, 0.25) is 0 Å². The van der Waals surface area contributed by atoms with Gasteiger partial charge in [-0.3, -0.25) is 19.2 Å². The first kappa shape index (κ1) is 23.9. The van der Waals surface area contributed by atoms with Crippen molar-refractivity contribution >= 4 is 23.9 Å². The number of carbonyl (C=O) groups is 4. The standard InChI is InChI=1S/C19H30O9/c1-10(20)24-9-14-8-15(28-19(5,6)7)17(26-12(3)22)18(27-13(4)23)16(14)25-11(2)21/h14-18H,8-9H2,1-7H3/t14-,15?,16-,17+,18+/m1/s1. The monoisotopic (exact) mass is 402 g/mol. The number of rotatable bonds is 6. The van der Waals surface area contributed by atoms with E-state index in [2.05, 4.69) is 0 Å². The van der Waals surface area contributed by atoms with Crippen LogP contribution >= 0.6 is 0 Å². The van der Waals surface area contributed by atoms with Crippen LogP contribution in [0, 0.1) is 5.92 Å². The zero-order valence-corrected chi connectivity index (χ0v) is 17.5. The average Bonchev–Trinajstić information content (AvgIpc) is 2.48. The molecule has 0 N–H and O–H groups in total. The number of esters is 4. The van der Waals surface area contributed by atoms with Gasteiger partial charge in [-0.05, 0) is 27.2 Å². The molecule has 9 heteroatoms. The summed E-state index contributed by atoms with van der Waals surface area (Å²) in [4.78, 5) is 46.3. The van der Waals surface area contributed by atoms with Crippen LogP contribution in [0.1, 0.15) is 54.9 Å². The second kappa shape index (κ2) is 9.86. The molecule has 1 fully saturated rings. The van der Waals surface area contributed by atoms with Crippen LogP contribution in [0.5, 0.6) is 0 Å². The summed E-state index contributed by atoms with van der Waals surface area (Å²) in [7, 11) is 0. The summed E-state index contributed by atoms with van der Waals surface area (Å²) in [6.07, 6.45) is -3.46. The molecule has 1 aliphatic carbocycles. The predicted molar refractivity (Wildman–Crippen MR) is 96.0 cm³/mol. The van der Waals surface area contributed by atoms with Crippen LogP contribution in [0.4, 0.5) is 0 Å². The summed E-state index contributed by atoms with van der Waals surface area (Å²) >= 11 is 0. The van der Waals surface area contributed by atoms with Gasteiger partial charge in [-0.1, -0.05) is 0 Å². The van der Waals surface area contributed by atoms with Crippen LogP contribution in [0.2, 0.25) is 0 Å². The zero-order valence-electron chi connectivity index (χ0n) is 17.5. The van der Waals surface area contributed by atoms with Crippen molar-refractivity contribution in [2.75, 3.05) is 6.61 Å². The van der Waals surface area contributed by atoms with Crippen LogP contribution in [0.25, 0.3) is 0 Å². The van der Waals surface area contributed by atoms with Gasteiger partial charge in [0.1, 0.15) is 6.10 Å². The SMILES string of the molecule is CC(=O)OC[C@H]1CC(OC(C)(C)C)[C@H](OC(C)=O)[C@@H](OC(C)=O)[C@@H]1OC(C)=O. The van der Waals surface area contributed by atoms with E-state index >= 15 is 0 Å². The van der Waals surface area contributed by atoms with Crippen molar-refractivity contribution in [2.24, 2.45) is 5.92 Å². The normalized spacial score (nSPS) is 27.5. The molecule has 0 aromatic carbocycles. The number of ether oxygens (including phenoxy) is 5. The van der Waals surface area contributed by atoms with E-state index in [1.807, 2.05) is 20.8 Å². The van der Waals surface area contributed by atoms with Crippen LogP contribution in [0.15, 0.2) is 0 Å². The van der Waals surface area contributed by atoms with Gasteiger partial charge in [0, 0.05) is 33.6 Å². The van der Waals surface area contributed by atoms with Crippen LogP contribution in [0.3, 0.4) is 0 Å². The highest BCUT2D eigenvalue weighted by Crippen LogP contribution is 2.36. The molecule has 0 aliphatic heterocycles. The zero-order chi connectivity index (χ0) is 21.6. The second-order valence-corrected chi connectivity index (χ2v) is 7.79. The second-order valence-electron chi connectivity index (χ2n) is 7.79. The molecule has 0 aromatic heterocycles. The molecule has 160 valence electrons. The molecule has 0 heterocycles. The van der Waals surface area contributed by atoms with E-state index in [1.54, 1.807) is 0 Å². The van der Waals surface area contributed by atoms with Gasteiger partial charge < -0.3 is 23.7 Å². The van der Waals surface area contributed by atoms with Gasteiger partial charge in [-0.15, -0.1) is 0 Å². The van der Waals surface area contributed by atoms with Crippen LogP contribution < -0.4 is 0 Å². The molecule has 0 amide bonds. The quantitative estimate of drug-likeness (QED) is 0.482. The highest BCUT2D eigenvalue weighted by molar-refractivity contribution is 5.68. The summed E-state index contributed by atoms with van der Waals surface area (Å²) in [5, 5.41) is 0. The van der Waals surface area contributed by atoms with Crippen molar-refractivity contribution in [1.29, 1.82) is 0 Å². The summed E-state index contributed by atoms with van der Waals surface area (Å²) in [6, 6.07) is 0. The van der Waals surface area contributed by atoms with Gasteiger partial charge in [0.25, 0.3) is 0 Å². The maximum atomic E-state index is 11.7. The van der Waals surface area contributed by atoms with Gasteiger partial charge in [-0.2, -0.15) is 0 Å². The maximum Gasteiger partial charge on any atom is 0.303 e. The fourth-order valence-corrected chi connectivity index (χ4v) is 3.21. The van der Waals surface area contributed by atoms with Crippen molar-refractivity contribution in [3.63, 3.8) is 0 Å². The van der Waals surface area contributed by atoms with Crippen molar-refractivity contribution in [1.82, 2.24) is 0 Å². The Hall–Kier alpha value is -2.16. The lowest BCUT2D eigenvalue weighted by atomic mass is 9.80. The predicted octanol–water partition coefficient (Wildman–Crippen LogP) is 1.55. The smallest absolute Gasteiger partial charge is 0.303 e. The first-order valence-electron chi connectivity index (χ1n) is 9.13. The van der Waals surface area contributed by atoms with Crippen LogP contribution in [-0.4, -0.2) is 60.5 Å². The Labute approximate surface area is 165 Å². The highest BCUT2D eigenvalue weighted by Gasteiger charge is 2.52. The fourth-order valence-electron chi connectivity index (χ4n) is 3.21. The minimum absolute atomic E-state index is 0.0676. The lowest BCUT2D eigenvalue weighted by Crippen LogP contribution is -2.60. The van der Waals surface area contributed by atoms with E-state index in [0.29, 0.717) is 0 Å². The maximum absolute atomic E-state index is 11.7. The Bertz CT molecular complexity index is 593. The average molecular weight is 402 g/mol.